The SMILES string of the molecule is CCc1nc2cc(OC)c(OC)cc2n1CC(C)C(N)=S. The Hall–Kier alpha value is -1.82. The van der Waals surface area contributed by atoms with Crippen molar-refractivity contribution >= 4 is 28.2 Å². The van der Waals surface area contributed by atoms with Crippen LogP contribution in [-0.2, 0) is 13.0 Å². The fourth-order valence-corrected chi connectivity index (χ4v) is 2.41. The zero-order valence-electron chi connectivity index (χ0n) is 12.8. The lowest BCUT2D eigenvalue weighted by Gasteiger charge is -2.14. The summed E-state index contributed by atoms with van der Waals surface area (Å²) in [5.41, 5.74) is 7.64. The Balaban J connectivity index is 2.59. The molecule has 0 spiro atoms. The predicted octanol–water partition coefficient (Wildman–Crippen LogP) is 2.54. The van der Waals surface area contributed by atoms with Gasteiger partial charge in [0, 0.05) is 31.0 Å². The van der Waals surface area contributed by atoms with Crippen LogP contribution in [0, 0.1) is 5.92 Å². The number of fused-ring (bicyclic) bond motifs is 1. The number of nitrogens with zero attached hydrogens (tertiary/aromatic N) is 2. The molecule has 1 atom stereocenters. The highest BCUT2D eigenvalue weighted by Gasteiger charge is 2.16. The number of ether oxygens (including phenoxy) is 2. The topological polar surface area (TPSA) is 62.3 Å². The number of thiocarbonyl (C=S) groups is 1. The molecule has 2 N–H and O–H groups in total. The molecule has 0 aliphatic carbocycles. The lowest BCUT2D eigenvalue weighted by molar-refractivity contribution is 0.355. The number of aromatic nitrogens is 2. The van der Waals surface area contributed by atoms with E-state index in [4.69, 9.17) is 27.4 Å². The highest BCUT2D eigenvalue weighted by Crippen LogP contribution is 2.32. The highest BCUT2D eigenvalue weighted by molar-refractivity contribution is 7.80. The quantitative estimate of drug-likeness (QED) is 0.831. The van der Waals surface area contributed by atoms with E-state index in [1.54, 1.807) is 14.2 Å². The van der Waals surface area contributed by atoms with Crippen molar-refractivity contribution in [2.45, 2.75) is 26.8 Å². The fourth-order valence-electron chi connectivity index (χ4n) is 2.34. The second-order valence-electron chi connectivity index (χ2n) is 4.99. The van der Waals surface area contributed by atoms with Crippen LogP contribution in [0.1, 0.15) is 19.7 Å². The van der Waals surface area contributed by atoms with Crippen LogP contribution in [0.3, 0.4) is 0 Å². The van der Waals surface area contributed by atoms with Gasteiger partial charge >= 0.3 is 0 Å². The van der Waals surface area contributed by atoms with Crippen molar-refractivity contribution in [3.05, 3.63) is 18.0 Å². The van der Waals surface area contributed by atoms with Crippen LogP contribution in [0.25, 0.3) is 11.0 Å². The lowest BCUT2D eigenvalue weighted by Crippen LogP contribution is -2.23. The minimum absolute atomic E-state index is 0.107. The molecule has 6 heteroatoms. The van der Waals surface area contributed by atoms with Crippen molar-refractivity contribution in [2.24, 2.45) is 11.7 Å². The first-order valence-corrected chi connectivity index (χ1v) is 7.33. The summed E-state index contributed by atoms with van der Waals surface area (Å²) in [7, 11) is 3.25. The van der Waals surface area contributed by atoms with Gasteiger partial charge in [-0.3, -0.25) is 0 Å². The van der Waals surface area contributed by atoms with Gasteiger partial charge in [0.1, 0.15) is 5.82 Å². The second-order valence-corrected chi connectivity index (χ2v) is 5.46. The summed E-state index contributed by atoms with van der Waals surface area (Å²) >= 11 is 5.08. The molecule has 0 aliphatic rings. The first-order valence-electron chi connectivity index (χ1n) is 6.92. The number of aryl methyl sites for hydroxylation is 1. The van der Waals surface area contributed by atoms with Gasteiger partial charge in [-0.25, -0.2) is 4.98 Å². The van der Waals surface area contributed by atoms with E-state index in [-0.39, 0.29) is 5.92 Å². The van der Waals surface area contributed by atoms with E-state index in [9.17, 15) is 0 Å². The van der Waals surface area contributed by atoms with Gasteiger partial charge < -0.3 is 19.8 Å². The molecule has 0 bridgehead atoms. The van der Waals surface area contributed by atoms with Gasteiger partial charge in [-0.2, -0.15) is 0 Å². The van der Waals surface area contributed by atoms with Gasteiger partial charge in [0.2, 0.25) is 0 Å². The Labute approximate surface area is 130 Å². The third-order valence-electron chi connectivity index (χ3n) is 3.59. The number of methoxy groups -OCH3 is 2. The van der Waals surface area contributed by atoms with Crippen molar-refractivity contribution < 1.29 is 9.47 Å². The smallest absolute Gasteiger partial charge is 0.163 e. The summed E-state index contributed by atoms with van der Waals surface area (Å²) < 4.78 is 12.9. The molecule has 0 amide bonds. The molecule has 5 nitrogen and oxygen atoms in total. The van der Waals surface area contributed by atoms with Crippen molar-refractivity contribution in [1.82, 2.24) is 9.55 Å². The standard InChI is InChI=1S/C15H21N3O2S/c1-5-14-17-10-6-12(19-3)13(20-4)7-11(10)18(14)8-9(2)15(16)21/h6-7,9H,5,8H2,1-4H3,(H2,16,21). The molecule has 0 aliphatic heterocycles. The van der Waals surface area contributed by atoms with E-state index in [1.165, 1.54) is 0 Å². The van der Waals surface area contributed by atoms with E-state index in [1.807, 2.05) is 19.1 Å². The van der Waals surface area contributed by atoms with Crippen LogP contribution < -0.4 is 15.2 Å². The van der Waals surface area contributed by atoms with E-state index >= 15 is 0 Å². The normalized spacial score (nSPS) is 12.4. The molecule has 0 fully saturated rings. The maximum Gasteiger partial charge on any atom is 0.163 e. The summed E-state index contributed by atoms with van der Waals surface area (Å²) in [5, 5.41) is 0. The Morgan fingerprint density at radius 3 is 2.48 bits per heavy atom. The van der Waals surface area contributed by atoms with Gasteiger partial charge in [-0.05, 0) is 0 Å². The predicted molar refractivity (Wildman–Crippen MR) is 88.2 cm³/mol. The molecule has 1 unspecified atom stereocenters. The first-order chi connectivity index (χ1) is 10.0. The average Bonchev–Trinajstić information content (AvgIpc) is 2.82. The molecule has 1 aromatic heterocycles. The monoisotopic (exact) mass is 307 g/mol. The molecular formula is C15H21N3O2S. The Bertz CT molecular complexity index is 666. The molecule has 1 heterocycles. The number of rotatable bonds is 6. The molecule has 114 valence electrons. The van der Waals surface area contributed by atoms with Gasteiger partial charge in [0.05, 0.1) is 30.2 Å². The van der Waals surface area contributed by atoms with Crippen molar-refractivity contribution in [3.63, 3.8) is 0 Å². The third kappa shape index (κ3) is 2.95. The summed E-state index contributed by atoms with van der Waals surface area (Å²) in [4.78, 5) is 5.18. The van der Waals surface area contributed by atoms with Crippen LogP contribution >= 0.6 is 12.2 Å². The number of hydrogen-bond acceptors (Lipinski definition) is 4. The largest absolute Gasteiger partial charge is 0.493 e. The maximum absolute atomic E-state index is 5.74. The molecule has 0 saturated carbocycles. The van der Waals surface area contributed by atoms with Gasteiger partial charge in [-0.15, -0.1) is 0 Å². The fraction of sp³-hybridized carbons (Fsp3) is 0.467. The van der Waals surface area contributed by atoms with Crippen LogP contribution in [0.15, 0.2) is 12.1 Å². The number of benzene rings is 1. The van der Waals surface area contributed by atoms with Crippen LogP contribution in [0.4, 0.5) is 0 Å². The molecule has 21 heavy (non-hydrogen) atoms. The maximum atomic E-state index is 5.74. The number of nitrogens with two attached hydrogens (primary N) is 1. The number of imidazole rings is 1. The zero-order chi connectivity index (χ0) is 15.6. The van der Waals surface area contributed by atoms with E-state index in [0.29, 0.717) is 23.0 Å². The lowest BCUT2D eigenvalue weighted by atomic mass is 10.1. The molecule has 1 aromatic carbocycles. The van der Waals surface area contributed by atoms with Crippen molar-refractivity contribution in [1.29, 1.82) is 0 Å². The van der Waals surface area contributed by atoms with Gasteiger partial charge in [-0.1, -0.05) is 26.1 Å². The Kier molecular flexibility index (Phi) is 4.67. The van der Waals surface area contributed by atoms with Crippen molar-refractivity contribution in [3.8, 4) is 11.5 Å². The minimum Gasteiger partial charge on any atom is -0.493 e. The Morgan fingerprint density at radius 1 is 1.33 bits per heavy atom. The molecular weight excluding hydrogens is 286 g/mol. The molecule has 2 aromatic rings. The first kappa shape index (κ1) is 15.6. The average molecular weight is 307 g/mol. The van der Waals surface area contributed by atoms with Gasteiger partial charge in [0.25, 0.3) is 0 Å². The summed E-state index contributed by atoms with van der Waals surface area (Å²) in [6.45, 7) is 4.82. The Morgan fingerprint density at radius 2 is 1.95 bits per heavy atom. The second kappa shape index (κ2) is 6.30. The molecule has 0 radical (unpaired) electrons. The number of hydrogen-bond donors (Lipinski definition) is 1. The van der Waals surface area contributed by atoms with Crippen LogP contribution in [0.5, 0.6) is 11.5 Å². The van der Waals surface area contributed by atoms with E-state index < -0.39 is 0 Å². The van der Waals surface area contributed by atoms with Gasteiger partial charge in [0.15, 0.2) is 11.5 Å². The van der Waals surface area contributed by atoms with Crippen molar-refractivity contribution in [2.75, 3.05) is 14.2 Å². The highest BCUT2D eigenvalue weighted by atomic mass is 32.1. The third-order valence-corrected chi connectivity index (χ3v) is 3.99. The molecule has 0 saturated heterocycles. The van der Waals surface area contributed by atoms with E-state index in [2.05, 4.69) is 16.5 Å². The van der Waals surface area contributed by atoms with Crippen LogP contribution in [0.2, 0.25) is 0 Å². The summed E-state index contributed by atoms with van der Waals surface area (Å²) in [6.07, 6.45) is 0.837. The van der Waals surface area contributed by atoms with E-state index in [0.717, 1.165) is 23.3 Å². The summed E-state index contributed by atoms with van der Waals surface area (Å²) in [6, 6.07) is 3.85. The summed E-state index contributed by atoms with van der Waals surface area (Å²) in [5.74, 6) is 2.48. The van der Waals surface area contributed by atoms with Crippen LogP contribution in [-0.4, -0.2) is 28.8 Å². The minimum atomic E-state index is 0.107. The zero-order valence-corrected chi connectivity index (χ0v) is 13.7. The molecule has 2 rings (SSSR count).